The maximum absolute atomic E-state index is 13.9. The van der Waals surface area contributed by atoms with E-state index in [-0.39, 0.29) is 23.3 Å². The van der Waals surface area contributed by atoms with Crippen LogP contribution in [-0.2, 0) is 22.2 Å². The molecule has 216 valence electrons. The number of amides is 1. The molecule has 2 aliphatic rings. The van der Waals surface area contributed by atoms with E-state index in [2.05, 4.69) is 20.0 Å². The lowest BCUT2D eigenvalue weighted by Crippen LogP contribution is -2.49. The van der Waals surface area contributed by atoms with Crippen molar-refractivity contribution < 1.29 is 27.4 Å². The number of hydrogen-bond acceptors (Lipinski definition) is 9. The van der Waals surface area contributed by atoms with Gasteiger partial charge in [0, 0.05) is 58.2 Å². The highest BCUT2D eigenvalue weighted by Gasteiger charge is 2.36. The number of nitrogens with zero attached hydrogens (tertiary/aromatic N) is 7. The van der Waals surface area contributed by atoms with Crippen molar-refractivity contribution in [1.29, 1.82) is 0 Å². The molecule has 0 radical (unpaired) electrons. The third-order valence-corrected chi connectivity index (χ3v) is 6.71. The molecule has 0 unspecified atom stereocenters. The fourth-order valence-electron chi connectivity index (χ4n) is 4.80. The largest absolute Gasteiger partial charge is 0.444 e. The Labute approximate surface area is 229 Å². The van der Waals surface area contributed by atoms with Crippen LogP contribution in [0.1, 0.15) is 31.9 Å². The van der Waals surface area contributed by atoms with Crippen LogP contribution in [0.4, 0.5) is 29.6 Å². The summed E-state index contributed by atoms with van der Waals surface area (Å²) in [5.74, 6) is 0.196. The first-order valence-corrected chi connectivity index (χ1v) is 13.1. The van der Waals surface area contributed by atoms with Gasteiger partial charge in [-0.1, -0.05) is 0 Å². The van der Waals surface area contributed by atoms with Gasteiger partial charge in [0.05, 0.1) is 24.3 Å². The van der Waals surface area contributed by atoms with Gasteiger partial charge in [-0.3, -0.25) is 4.90 Å². The number of aromatic nitrogens is 4. The summed E-state index contributed by atoms with van der Waals surface area (Å²) in [4.78, 5) is 26.8. The Bertz CT molecular complexity index is 1370. The molecule has 2 fully saturated rings. The summed E-state index contributed by atoms with van der Waals surface area (Å²) in [5, 5.41) is 4.47. The number of nitrogen functional groups attached to an aromatic ring is 1. The zero-order valence-corrected chi connectivity index (χ0v) is 22.7. The van der Waals surface area contributed by atoms with Crippen molar-refractivity contribution in [2.75, 3.05) is 63.1 Å². The number of morpholine rings is 1. The Balaban J connectivity index is 1.43. The Kier molecular flexibility index (Phi) is 7.48. The van der Waals surface area contributed by atoms with E-state index in [4.69, 9.17) is 15.2 Å². The van der Waals surface area contributed by atoms with E-state index >= 15 is 0 Å². The molecule has 0 spiro atoms. The zero-order chi connectivity index (χ0) is 28.7. The predicted octanol–water partition coefficient (Wildman–Crippen LogP) is 3.28. The van der Waals surface area contributed by atoms with Crippen molar-refractivity contribution in [3.05, 3.63) is 35.7 Å². The smallest absolute Gasteiger partial charge is 0.417 e. The summed E-state index contributed by atoms with van der Waals surface area (Å²) >= 11 is 0. The second-order valence-corrected chi connectivity index (χ2v) is 10.9. The second-order valence-electron chi connectivity index (χ2n) is 10.9. The van der Waals surface area contributed by atoms with Crippen molar-refractivity contribution in [2.45, 2.75) is 39.1 Å². The van der Waals surface area contributed by atoms with E-state index in [1.54, 1.807) is 9.42 Å². The maximum Gasteiger partial charge on any atom is 0.417 e. The molecule has 5 heterocycles. The fourth-order valence-corrected chi connectivity index (χ4v) is 4.80. The van der Waals surface area contributed by atoms with Crippen LogP contribution in [0.15, 0.2) is 24.5 Å². The summed E-state index contributed by atoms with van der Waals surface area (Å²) in [6, 6.07) is 2.76. The third kappa shape index (κ3) is 6.22. The number of alkyl halides is 3. The van der Waals surface area contributed by atoms with Gasteiger partial charge in [0.25, 0.3) is 0 Å². The molecule has 2 N–H and O–H groups in total. The number of pyridine rings is 1. The first-order valence-electron chi connectivity index (χ1n) is 13.1. The van der Waals surface area contributed by atoms with Crippen LogP contribution in [0.2, 0.25) is 0 Å². The molecular weight excluding hydrogens is 529 g/mol. The fraction of sp³-hybridized carbons (Fsp3) is 0.538. The van der Waals surface area contributed by atoms with Crippen molar-refractivity contribution in [3.8, 4) is 11.4 Å². The standard InChI is InChI=1S/C26H33F3N8O3/c1-25(2,3)40-24(38)36-6-4-34(5-7-36)15-17-12-20-23(35-8-10-39-11-9-35)32-22(33-37(20)16-17)18-14-31-21(30)13-19(18)26(27,28)29/h12-14,16H,4-11,15H2,1-3H3,(H2,30,31). The number of fused-ring (bicyclic) bond motifs is 1. The van der Waals surface area contributed by atoms with Crippen LogP contribution in [0, 0.1) is 0 Å². The third-order valence-electron chi connectivity index (χ3n) is 6.71. The number of ether oxygens (including phenoxy) is 2. The van der Waals surface area contributed by atoms with Gasteiger partial charge < -0.3 is 25.0 Å². The van der Waals surface area contributed by atoms with Gasteiger partial charge in [-0.2, -0.15) is 13.2 Å². The molecule has 2 aliphatic heterocycles. The Hall–Kier alpha value is -3.65. The average Bonchev–Trinajstić information content (AvgIpc) is 3.30. The monoisotopic (exact) mass is 562 g/mol. The number of piperazine rings is 1. The molecule has 3 aromatic rings. The molecule has 0 atom stereocenters. The van der Waals surface area contributed by atoms with Crippen molar-refractivity contribution >= 4 is 23.2 Å². The number of carbonyl (C=O) groups is 1. The van der Waals surface area contributed by atoms with E-state index in [1.165, 1.54) is 0 Å². The SMILES string of the molecule is CC(C)(C)OC(=O)N1CCN(Cc2cc3c(N4CCOCC4)nc(-c4cnc(N)cc4C(F)(F)F)nn3c2)CC1. The van der Waals surface area contributed by atoms with E-state index in [1.807, 2.05) is 37.9 Å². The van der Waals surface area contributed by atoms with Crippen LogP contribution in [-0.4, -0.2) is 93.6 Å². The zero-order valence-electron chi connectivity index (χ0n) is 22.7. The molecule has 14 heteroatoms. The summed E-state index contributed by atoms with van der Waals surface area (Å²) in [7, 11) is 0. The number of carbonyl (C=O) groups excluding carboxylic acids is 1. The first kappa shape index (κ1) is 27.9. The molecule has 11 nitrogen and oxygen atoms in total. The quantitative estimate of drug-likeness (QED) is 0.512. The average molecular weight is 563 g/mol. The minimum atomic E-state index is -4.66. The summed E-state index contributed by atoms with van der Waals surface area (Å²) in [5.41, 5.74) is 5.45. The summed E-state index contributed by atoms with van der Waals surface area (Å²) in [6.07, 6.45) is -2.11. The minimum Gasteiger partial charge on any atom is -0.444 e. The molecule has 0 bridgehead atoms. The second kappa shape index (κ2) is 10.7. The molecule has 40 heavy (non-hydrogen) atoms. The summed E-state index contributed by atoms with van der Waals surface area (Å²) < 4.78 is 54.2. The molecule has 1 amide bonds. The van der Waals surface area contributed by atoms with E-state index in [0.29, 0.717) is 70.4 Å². The molecule has 0 aromatic carbocycles. The van der Waals surface area contributed by atoms with Gasteiger partial charge >= 0.3 is 12.3 Å². The van der Waals surface area contributed by atoms with Crippen LogP contribution in [0.25, 0.3) is 16.9 Å². The van der Waals surface area contributed by atoms with Gasteiger partial charge in [-0.25, -0.2) is 19.3 Å². The van der Waals surface area contributed by atoms with Gasteiger partial charge in [-0.15, -0.1) is 5.10 Å². The van der Waals surface area contributed by atoms with E-state index in [9.17, 15) is 18.0 Å². The molecular formula is C26H33F3N8O3. The van der Waals surface area contributed by atoms with Crippen molar-refractivity contribution in [1.82, 2.24) is 29.4 Å². The van der Waals surface area contributed by atoms with Gasteiger partial charge in [0.1, 0.15) is 16.9 Å². The van der Waals surface area contributed by atoms with E-state index in [0.717, 1.165) is 17.8 Å². The normalized spacial score (nSPS) is 17.4. The highest BCUT2D eigenvalue weighted by Crippen LogP contribution is 2.37. The van der Waals surface area contributed by atoms with E-state index < -0.39 is 17.3 Å². The first-order chi connectivity index (χ1) is 18.9. The molecule has 0 aliphatic carbocycles. The molecule has 5 rings (SSSR count). The van der Waals surface area contributed by atoms with Crippen LogP contribution in [0.5, 0.6) is 0 Å². The Morgan fingerprint density at radius 2 is 1.77 bits per heavy atom. The highest BCUT2D eigenvalue weighted by atomic mass is 19.4. The lowest BCUT2D eigenvalue weighted by molar-refractivity contribution is -0.137. The minimum absolute atomic E-state index is 0.0954. The number of anilines is 2. The number of nitrogens with two attached hydrogens (primary N) is 1. The highest BCUT2D eigenvalue weighted by molar-refractivity contribution is 5.74. The van der Waals surface area contributed by atoms with Gasteiger partial charge in [0.2, 0.25) is 0 Å². The van der Waals surface area contributed by atoms with Crippen molar-refractivity contribution in [3.63, 3.8) is 0 Å². The lowest BCUT2D eigenvalue weighted by atomic mass is 10.1. The Morgan fingerprint density at radius 3 is 2.42 bits per heavy atom. The predicted molar refractivity (Wildman–Crippen MR) is 142 cm³/mol. The number of rotatable bonds is 4. The number of halogens is 3. The van der Waals surface area contributed by atoms with Gasteiger partial charge in [-0.05, 0) is 38.5 Å². The maximum atomic E-state index is 13.9. The van der Waals surface area contributed by atoms with Crippen LogP contribution < -0.4 is 10.6 Å². The topological polar surface area (TPSA) is 114 Å². The summed E-state index contributed by atoms with van der Waals surface area (Å²) in [6.45, 7) is 10.6. The number of hydrogen-bond donors (Lipinski definition) is 1. The van der Waals surface area contributed by atoms with Gasteiger partial charge in [0.15, 0.2) is 11.6 Å². The molecule has 3 aromatic heterocycles. The Morgan fingerprint density at radius 1 is 1.07 bits per heavy atom. The van der Waals surface area contributed by atoms with Crippen LogP contribution >= 0.6 is 0 Å². The van der Waals surface area contributed by atoms with Crippen molar-refractivity contribution in [2.24, 2.45) is 0 Å². The molecule has 0 saturated carbocycles. The lowest BCUT2D eigenvalue weighted by Gasteiger charge is -2.35. The molecule has 2 saturated heterocycles. The van der Waals surface area contributed by atoms with Crippen LogP contribution in [0.3, 0.4) is 0 Å².